The lowest BCUT2D eigenvalue weighted by molar-refractivity contribution is -0.136. The van der Waals surface area contributed by atoms with Crippen molar-refractivity contribution < 1.29 is 19.8 Å². The number of halogens is 1. The summed E-state index contributed by atoms with van der Waals surface area (Å²) in [6.45, 7) is 0. The van der Waals surface area contributed by atoms with Gasteiger partial charge in [-0.2, -0.15) is 0 Å². The Balaban J connectivity index is 2.08. The zero-order valence-electron chi connectivity index (χ0n) is 11.5. The second kappa shape index (κ2) is 7.33. The van der Waals surface area contributed by atoms with Crippen LogP contribution >= 0.6 is 23.4 Å². The third-order valence-electron chi connectivity index (χ3n) is 2.97. The van der Waals surface area contributed by atoms with Crippen molar-refractivity contribution in [2.75, 3.05) is 0 Å². The first kappa shape index (κ1) is 16.4. The number of aromatic carboxylic acids is 1. The van der Waals surface area contributed by atoms with E-state index in [1.807, 2.05) is 12.1 Å². The molecule has 0 aliphatic heterocycles. The van der Waals surface area contributed by atoms with Gasteiger partial charge in [0.15, 0.2) is 0 Å². The van der Waals surface area contributed by atoms with Gasteiger partial charge in [0.25, 0.3) is 0 Å². The van der Waals surface area contributed by atoms with Gasteiger partial charge in [-0.15, -0.1) is 11.8 Å². The SMILES string of the molecule is O=C(O)Cc1ccc(SCc2cc(Cl)ccc2C(=O)O)cc1. The molecule has 6 heteroatoms. The van der Waals surface area contributed by atoms with E-state index >= 15 is 0 Å². The summed E-state index contributed by atoms with van der Waals surface area (Å²) < 4.78 is 0. The zero-order valence-corrected chi connectivity index (χ0v) is 13.0. The van der Waals surface area contributed by atoms with Crippen LogP contribution in [0.1, 0.15) is 21.5 Å². The molecule has 2 aromatic carbocycles. The fourth-order valence-electron chi connectivity index (χ4n) is 1.93. The van der Waals surface area contributed by atoms with Gasteiger partial charge in [0.1, 0.15) is 0 Å². The molecule has 0 heterocycles. The first-order valence-electron chi connectivity index (χ1n) is 6.41. The van der Waals surface area contributed by atoms with Crippen molar-refractivity contribution in [2.45, 2.75) is 17.1 Å². The maximum absolute atomic E-state index is 11.2. The minimum atomic E-state index is -0.982. The summed E-state index contributed by atoms with van der Waals surface area (Å²) in [4.78, 5) is 22.7. The monoisotopic (exact) mass is 336 g/mol. The molecule has 0 aliphatic rings. The fraction of sp³-hybridized carbons (Fsp3) is 0.125. The quantitative estimate of drug-likeness (QED) is 0.781. The summed E-state index contributed by atoms with van der Waals surface area (Å²) >= 11 is 7.39. The van der Waals surface area contributed by atoms with Gasteiger partial charge in [0.2, 0.25) is 0 Å². The zero-order chi connectivity index (χ0) is 16.1. The molecule has 2 aromatic rings. The first-order chi connectivity index (χ1) is 10.5. The Morgan fingerprint density at radius 3 is 2.32 bits per heavy atom. The Kier molecular flexibility index (Phi) is 5.46. The molecule has 0 amide bonds. The molecule has 0 atom stereocenters. The molecule has 0 saturated carbocycles. The van der Waals surface area contributed by atoms with Crippen molar-refractivity contribution in [1.29, 1.82) is 0 Å². The lowest BCUT2D eigenvalue weighted by atomic mass is 10.1. The minimum Gasteiger partial charge on any atom is -0.481 e. The highest BCUT2D eigenvalue weighted by atomic mass is 35.5. The largest absolute Gasteiger partial charge is 0.481 e. The van der Waals surface area contributed by atoms with E-state index in [1.165, 1.54) is 17.8 Å². The number of aliphatic carboxylic acids is 1. The van der Waals surface area contributed by atoms with Crippen LogP contribution in [0.25, 0.3) is 0 Å². The van der Waals surface area contributed by atoms with Gasteiger partial charge in [-0.1, -0.05) is 23.7 Å². The Morgan fingerprint density at radius 1 is 1.05 bits per heavy atom. The molecule has 0 unspecified atom stereocenters. The summed E-state index contributed by atoms with van der Waals surface area (Å²) in [5.74, 6) is -1.38. The smallest absolute Gasteiger partial charge is 0.335 e. The van der Waals surface area contributed by atoms with E-state index in [9.17, 15) is 9.59 Å². The van der Waals surface area contributed by atoms with Crippen molar-refractivity contribution in [1.82, 2.24) is 0 Å². The molecule has 2 N–H and O–H groups in total. The standard InChI is InChI=1S/C16H13ClO4S/c17-12-3-6-14(16(20)21)11(8-12)9-22-13-4-1-10(2-5-13)7-15(18)19/h1-6,8H,7,9H2,(H,18,19)(H,20,21). The predicted octanol–water partition coefficient (Wildman–Crippen LogP) is 3.96. The summed E-state index contributed by atoms with van der Waals surface area (Å²) in [7, 11) is 0. The van der Waals surface area contributed by atoms with Crippen LogP contribution in [0.4, 0.5) is 0 Å². The molecule has 0 radical (unpaired) electrons. The van der Waals surface area contributed by atoms with Gasteiger partial charge >= 0.3 is 11.9 Å². The number of hydrogen-bond acceptors (Lipinski definition) is 3. The number of carboxylic acid groups (broad SMARTS) is 2. The average Bonchev–Trinajstić information content (AvgIpc) is 2.45. The van der Waals surface area contributed by atoms with E-state index in [0.29, 0.717) is 16.3 Å². The Hall–Kier alpha value is -1.98. The summed E-state index contributed by atoms with van der Waals surface area (Å²) in [6.07, 6.45) is -0.0115. The van der Waals surface area contributed by atoms with Crippen molar-refractivity contribution in [2.24, 2.45) is 0 Å². The van der Waals surface area contributed by atoms with Crippen LogP contribution in [-0.4, -0.2) is 22.2 Å². The molecule has 22 heavy (non-hydrogen) atoms. The Labute approximate surface area is 136 Å². The molecular weight excluding hydrogens is 324 g/mol. The topological polar surface area (TPSA) is 74.6 Å². The normalized spacial score (nSPS) is 10.4. The molecular formula is C16H13ClO4S. The van der Waals surface area contributed by atoms with Gasteiger partial charge < -0.3 is 10.2 Å². The van der Waals surface area contributed by atoms with E-state index in [1.54, 1.807) is 24.3 Å². The second-order valence-electron chi connectivity index (χ2n) is 4.61. The van der Waals surface area contributed by atoms with E-state index in [2.05, 4.69) is 0 Å². The van der Waals surface area contributed by atoms with Crippen LogP contribution in [0, 0.1) is 0 Å². The van der Waals surface area contributed by atoms with Crippen molar-refractivity contribution >= 4 is 35.3 Å². The van der Waals surface area contributed by atoms with Gasteiger partial charge in [-0.25, -0.2) is 4.79 Å². The second-order valence-corrected chi connectivity index (χ2v) is 6.09. The van der Waals surface area contributed by atoms with Gasteiger partial charge in [-0.3, -0.25) is 4.79 Å². The van der Waals surface area contributed by atoms with Crippen molar-refractivity contribution in [3.8, 4) is 0 Å². The van der Waals surface area contributed by atoms with Crippen molar-refractivity contribution in [3.05, 3.63) is 64.2 Å². The number of thioether (sulfide) groups is 1. The Bertz CT molecular complexity index is 698. The van der Waals surface area contributed by atoms with E-state index in [4.69, 9.17) is 21.8 Å². The molecule has 2 rings (SSSR count). The molecule has 114 valence electrons. The molecule has 0 bridgehead atoms. The molecule has 0 spiro atoms. The third-order valence-corrected chi connectivity index (χ3v) is 4.27. The molecule has 0 fully saturated rings. The van der Waals surface area contributed by atoms with E-state index in [-0.39, 0.29) is 12.0 Å². The van der Waals surface area contributed by atoms with Crippen LogP contribution < -0.4 is 0 Å². The summed E-state index contributed by atoms with van der Waals surface area (Å²) in [5.41, 5.74) is 1.62. The number of rotatable bonds is 6. The van der Waals surface area contributed by atoms with Crippen molar-refractivity contribution in [3.63, 3.8) is 0 Å². The minimum absolute atomic E-state index is 0.0115. The van der Waals surface area contributed by atoms with E-state index < -0.39 is 11.9 Å². The van der Waals surface area contributed by atoms with Crippen LogP contribution in [0.5, 0.6) is 0 Å². The molecule has 4 nitrogen and oxygen atoms in total. The summed E-state index contributed by atoms with van der Waals surface area (Å²) in [5, 5.41) is 18.4. The number of carboxylic acids is 2. The summed E-state index contributed by atoms with van der Waals surface area (Å²) in [6, 6.07) is 11.9. The predicted molar refractivity (Wildman–Crippen MR) is 85.8 cm³/mol. The third kappa shape index (κ3) is 4.51. The highest BCUT2D eigenvalue weighted by Crippen LogP contribution is 2.26. The fourth-order valence-corrected chi connectivity index (χ4v) is 3.01. The highest BCUT2D eigenvalue weighted by Gasteiger charge is 2.11. The average molecular weight is 337 g/mol. The lowest BCUT2D eigenvalue weighted by Gasteiger charge is -2.07. The maximum Gasteiger partial charge on any atom is 0.335 e. The lowest BCUT2D eigenvalue weighted by Crippen LogP contribution is -2.01. The van der Waals surface area contributed by atoms with Crippen LogP contribution in [0.15, 0.2) is 47.4 Å². The van der Waals surface area contributed by atoms with Gasteiger partial charge in [0, 0.05) is 15.7 Å². The van der Waals surface area contributed by atoms with Crippen LogP contribution in [0.3, 0.4) is 0 Å². The Morgan fingerprint density at radius 2 is 1.73 bits per heavy atom. The number of hydrogen-bond donors (Lipinski definition) is 2. The number of carbonyl (C=O) groups is 2. The van der Waals surface area contributed by atoms with Gasteiger partial charge in [0.05, 0.1) is 12.0 Å². The van der Waals surface area contributed by atoms with Gasteiger partial charge in [-0.05, 0) is 41.5 Å². The van der Waals surface area contributed by atoms with Crippen LogP contribution in [0.2, 0.25) is 5.02 Å². The molecule has 0 aromatic heterocycles. The number of benzene rings is 2. The molecule has 0 aliphatic carbocycles. The first-order valence-corrected chi connectivity index (χ1v) is 7.77. The maximum atomic E-state index is 11.2. The highest BCUT2D eigenvalue weighted by molar-refractivity contribution is 7.98. The van der Waals surface area contributed by atoms with Crippen LogP contribution in [-0.2, 0) is 17.0 Å². The molecule has 0 saturated heterocycles. The van der Waals surface area contributed by atoms with E-state index in [0.717, 1.165) is 10.5 Å².